The molecule has 0 saturated heterocycles. The fourth-order valence-electron chi connectivity index (χ4n) is 3.85. The molecule has 0 spiro atoms. The van der Waals surface area contributed by atoms with Crippen molar-refractivity contribution in [1.82, 2.24) is 19.8 Å². The van der Waals surface area contributed by atoms with Crippen LogP contribution < -0.4 is 15.3 Å². The largest absolute Gasteiger partial charge is 0.496 e. The normalized spacial score (nSPS) is 10.6. The van der Waals surface area contributed by atoms with Gasteiger partial charge in [-0.1, -0.05) is 43.3 Å². The first-order chi connectivity index (χ1) is 18.9. The van der Waals surface area contributed by atoms with Gasteiger partial charge in [-0.15, -0.1) is 4.68 Å². The Kier molecular flexibility index (Phi) is 8.24. The number of esters is 1. The zero-order valence-electron chi connectivity index (χ0n) is 21.1. The maximum absolute atomic E-state index is 14.5. The molecule has 4 rings (SSSR count). The molecule has 200 valence electrons. The molecule has 12 heteroatoms. The maximum atomic E-state index is 14.5. The molecule has 3 aromatic carbocycles. The van der Waals surface area contributed by atoms with Gasteiger partial charge in [-0.05, 0) is 52.7 Å². The monoisotopic (exact) mass is 533 g/mol. The van der Waals surface area contributed by atoms with Gasteiger partial charge in [0, 0.05) is 17.8 Å². The lowest BCUT2D eigenvalue weighted by Crippen LogP contribution is -2.41. The van der Waals surface area contributed by atoms with Crippen LogP contribution in [0, 0.1) is 5.82 Å². The van der Waals surface area contributed by atoms with Crippen LogP contribution >= 0.6 is 0 Å². The quantitative estimate of drug-likeness (QED) is 0.181. The number of rotatable bonds is 9. The molecule has 0 N–H and O–H groups in total. The Morgan fingerprint density at radius 1 is 1.05 bits per heavy atom. The van der Waals surface area contributed by atoms with Crippen LogP contribution in [0.1, 0.15) is 39.6 Å². The summed E-state index contributed by atoms with van der Waals surface area (Å²) >= 11 is 0. The highest BCUT2D eigenvalue weighted by atomic mass is 19.1. The third-order valence-electron chi connectivity index (χ3n) is 5.72. The molecular weight excluding hydrogens is 509 g/mol. The Hall–Kier alpha value is -5.13. The van der Waals surface area contributed by atoms with Gasteiger partial charge in [0.1, 0.15) is 29.4 Å². The van der Waals surface area contributed by atoms with Crippen LogP contribution in [0.25, 0.3) is 5.69 Å². The van der Waals surface area contributed by atoms with E-state index in [1.165, 1.54) is 42.3 Å². The van der Waals surface area contributed by atoms with Crippen molar-refractivity contribution >= 4 is 24.0 Å². The second kappa shape index (κ2) is 11.9. The number of nitrogens with zero attached hydrogens (tertiary/aromatic N) is 5. The minimum atomic E-state index is -1.08. The Bertz CT molecular complexity index is 1570. The van der Waals surface area contributed by atoms with E-state index in [4.69, 9.17) is 9.47 Å². The van der Waals surface area contributed by atoms with Gasteiger partial charge in [0.2, 0.25) is 0 Å². The lowest BCUT2D eigenvalue weighted by atomic mass is 10.1. The van der Waals surface area contributed by atoms with E-state index < -0.39 is 29.2 Å². The number of hydrogen-bond donors (Lipinski definition) is 0. The third-order valence-corrected chi connectivity index (χ3v) is 5.72. The smallest absolute Gasteiger partial charge is 0.377 e. The predicted molar refractivity (Wildman–Crippen MR) is 138 cm³/mol. The van der Waals surface area contributed by atoms with E-state index in [1.54, 1.807) is 0 Å². The zero-order chi connectivity index (χ0) is 27.9. The van der Waals surface area contributed by atoms with Crippen molar-refractivity contribution < 1.29 is 28.2 Å². The summed E-state index contributed by atoms with van der Waals surface area (Å²) in [5.41, 5.74) is -0.528. The Morgan fingerprint density at radius 3 is 2.51 bits per heavy atom. The van der Waals surface area contributed by atoms with Crippen molar-refractivity contribution in [3.63, 3.8) is 0 Å². The number of halogens is 1. The molecule has 0 unspecified atom stereocenters. The van der Waals surface area contributed by atoms with Gasteiger partial charge in [0.15, 0.2) is 6.29 Å². The highest BCUT2D eigenvalue weighted by molar-refractivity contribution is 5.97. The summed E-state index contributed by atoms with van der Waals surface area (Å²) in [5, 5.41) is 7.23. The van der Waals surface area contributed by atoms with Crippen molar-refractivity contribution in [2.45, 2.75) is 20.0 Å². The SMILES string of the molecule is CCCN(C(=O)n1nnn(-c2c(F)cccc2C=O)c1=O)c1ccc(OC)c(C(=O)OCc2ccccc2)c1. The summed E-state index contributed by atoms with van der Waals surface area (Å²) in [5.74, 6) is -1.34. The fraction of sp³-hybridized carbons (Fsp3) is 0.185. The standard InChI is InChI=1S/C27H24FN5O6/c1-3-14-31(26(36)33-27(37)32(29-30-33)24-19(16-34)10-7-11-22(24)28)20-12-13-23(38-2)21(15-20)25(35)39-17-18-8-5-4-6-9-18/h4-13,15-16H,3,14,17H2,1-2H3. The number of anilines is 1. The van der Waals surface area contributed by atoms with Crippen LogP contribution in [-0.4, -0.2) is 51.7 Å². The molecular formula is C27H24FN5O6. The average molecular weight is 534 g/mol. The van der Waals surface area contributed by atoms with Gasteiger partial charge in [0.05, 0.1) is 7.11 Å². The number of hydrogen-bond acceptors (Lipinski definition) is 8. The van der Waals surface area contributed by atoms with Crippen molar-refractivity contribution in [1.29, 1.82) is 0 Å². The fourth-order valence-corrected chi connectivity index (χ4v) is 3.85. The second-order valence-corrected chi connectivity index (χ2v) is 8.26. The van der Waals surface area contributed by atoms with Crippen molar-refractivity contribution in [2.24, 2.45) is 0 Å². The highest BCUT2D eigenvalue weighted by Gasteiger charge is 2.26. The summed E-state index contributed by atoms with van der Waals surface area (Å²) in [7, 11) is 1.39. The molecule has 1 amide bonds. The number of ether oxygens (including phenoxy) is 2. The van der Waals surface area contributed by atoms with E-state index in [9.17, 15) is 23.6 Å². The first-order valence-corrected chi connectivity index (χ1v) is 11.9. The molecule has 0 atom stereocenters. The molecule has 0 bridgehead atoms. The van der Waals surface area contributed by atoms with E-state index in [2.05, 4.69) is 10.4 Å². The van der Waals surface area contributed by atoms with Gasteiger partial charge >= 0.3 is 17.7 Å². The van der Waals surface area contributed by atoms with E-state index >= 15 is 0 Å². The number of carbonyl (C=O) groups excluding carboxylic acids is 3. The van der Waals surface area contributed by atoms with E-state index in [1.807, 2.05) is 37.3 Å². The maximum Gasteiger partial charge on any atom is 0.377 e. The molecule has 0 aliphatic rings. The number of carbonyl (C=O) groups is 3. The summed E-state index contributed by atoms with van der Waals surface area (Å²) in [6.45, 7) is 1.98. The van der Waals surface area contributed by atoms with Crippen LogP contribution in [0.2, 0.25) is 0 Å². The minimum absolute atomic E-state index is 0.0297. The topological polar surface area (TPSA) is 126 Å². The number of methoxy groups -OCH3 is 1. The lowest BCUT2D eigenvalue weighted by Gasteiger charge is -2.22. The summed E-state index contributed by atoms with van der Waals surface area (Å²) < 4.78 is 26.2. The molecule has 11 nitrogen and oxygen atoms in total. The molecule has 0 aliphatic heterocycles. The minimum Gasteiger partial charge on any atom is -0.496 e. The molecule has 1 heterocycles. The number of benzene rings is 3. The Labute approximate surface area is 222 Å². The van der Waals surface area contributed by atoms with Gasteiger partial charge in [-0.2, -0.15) is 4.68 Å². The Balaban J connectivity index is 1.67. The Morgan fingerprint density at radius 2 is 1.82 bits per heavy atom. The molecule has 0 fully saturated rings. The number of tetrazole rings is 1. The highest BCUT2D eigenvalue weighted by Crippen LogP contribution is 2.27. The van der Waals surface area contributed by atoms with Crippen molar-refractivity contribution in [2.75, 3.05) is 18.6 Å². The van der Waals surface area contributed by atoms with Crippen molar-refractivity contribution in [3.05, 3.63) is 99.7 Å². The van der Waals surface area contributed by atoms with Crippen molar-refractivity contribution in [3.8, 4) is 11.4 Å². The third kappa shape index (κ3) is 5.59. The second-order valence-electron chi connectivity index (χ2n) is 8.26. The molecule has 0 radical (unpaired) electrons. The molecule has 0 saturated carbocycles. The van der Waals surface area contributed by atoms with Crippen LogP contribution in [-0.2, 0) is 11.3 Å². The molecule has 4 aromatic rings. The average Bonchev–Trinajstić information content (AvgIpc) is 3.34. The predicted octanol–water partition coefficient (Wildman–Crippen LogP) is 3.63. The number of aromatic nitrogens is 4. The number of aldehydes is 1. The summed E-state index contributed by atoms with van der Waals surface area (Å²) in [6.07, 6.45) is 0.849. The van der Waals surface area contributed by atoms with E-state index in [-0.39, 0.29) is 35.7 Å². The van der Waals surface area contributed by atoms with Gasteiger partial charge in [-0.3, -0.25) is 9.69 Å². The first-order valence-electron chi connectivity index (χ1n) is 11.9. The first kappa shape index (κ1) is 26.9. The molecule has 1 aromatic heterocycles. The van der Waals surface area contributed by atoms with Crippen LogP contribution in [0.5, 0.6) is 5.75 Å². The number of para-hydroxylation sites is 1. The number of amides is 1. The summed E-state index contributed by atoms with van der Waals surface area (Å²) in [4.78, 5) is 52.0. The summed E-state index contributed by atoms with van der Waals surface area (Å²) in [6, 6.07) is 16.3. The zero-order valence-corrected chi connectivity index (χ0v) is 21.1. The van der Waals surface area contributed by atoms with Gasteiger partial charge < -0.3 is 9.47 Å². The molecule has 0 aliphatic carbocycles. The van der Waals surface area contributed by atoms with Gasteiger partial charge in [-0.25, -0.2) is 18.8 Å². The lowest BCUT2D eigenvalue weighted by molar-refractivity contribution is 0.0469. The van der Waals surface area contributed by atoms with Gasteiger partial charge in [0.25, 0.3) is 0 Å². The van der Waals surface area contributed by atoms with E-state index in [0.29, 0.717) is 22.1 Å². The van der Waals surface area contributed by atoms with Crippen LogP contribution in [0.4, 0.5) is 14.9 Å². The molecule has 39 heavy (non-hydrogen) atoms. The van der Waals surface area contributed by atoms with Crippen LogP contribution in [0.15, 0.2) is 71.5 Å². The van der Waals surface area contributed by atoms with E-state index in [0.717, 1.165) is 11.6 Å². The van der Waals surface area contributed by atoms with Crippen LogP contribution in [0.3, 0.4) is 0 Å².